The number of nitrogens with one attached hydrogen (secondary N) is 2. The lowest BCUT2D eigenvalue weighted by molar-refractivity contribution is -0.120. The molecular weight excluding hydrogens is 360 g/mol. The molecule has 0 aromatic heterocycles. The lowest BCUT2D eigenvalue weighted by atomic mass is 10.1. The largest absolute Gasteiger partial charge is 0.388 e. The van der Waals surface area contributed by atoms with Crippen molar-refractivity contribution in [1.29, 1.82) is 0 Å². The van der Waals surface area contributed by atoms with Crippen molar-refractivity contribution in [3.63, 3.8) is 0 Å². The number of aliphatic hydroxyl groups is 2. The van der Waals surface area contributed by atoms with Crippen molar-refractivity contribution in [3.8, 4) is 0 Å². The minimum absolute atomic E-state index is 0.0295. The summed E-state index contributed by atoms with van der Waals surface area (Å²) >= 11 is 0. The first-order valence-electron chi connectivity index (χ1n) is 9.15. The fraction of sp³-hybridized carbons (Fsp3) is 0.333. The number of benzene rings is 2. The summed E-state index contributed by atoms with van der Waals surface area (Å²) in [6.07, 6.45) is -4.13. The zero-order chi connectivity index (χ0) is 20.1. The fourth-order valence-electron chi connectivity index (χ4n) is 3.08. The molecule has 148 valence electrons. The predicted molar refractivity (Wildman–Crippen MR) is 104 cm³/mol. The Bertz CT molecular complexity index is 809. The molecule has 1 heterocycles. The number of para-hydroxylation sites is 1. The van der Waals surface area contributed by atoms with Crippen LogP contribution >= 0.6 is 0 Å². The Morgan fingerprint density at radius 2 is 1.61 bits per heavy atom. The van der Waals surface area contributed by atoms with Gasteiger partial charge in [0.05, 0.1) is 12.5 Å². The molecule has 3 rings (SSSR count). The Hall–Kier alpha value is -2.74. The number of amides is 2. The van der Waals surface area contributed by atoms with Gasteiger partial charge in [-0.1, -0.05) is 35.9 Å². The Balaban J connectivity index is 1.51. The fourth-order valence-corrected chi connectivity index (χ4v) is 3.08. The van der Waals surface area contributed by atoms with Gasteiger partial charge < -0.3 is 25.6 Å². The quantitative estimate of drug-likeness (QED) is 0.599. The number of carbonyl (C=O) groups is 2. The van der Waals surface area contributed by atoms with Crippen LogP contribution in [-0.4, -0.2) is 53.0 Å². The van der Waals surface area contributed by atoms with Crippen LogP contribution in [0, 0.1) is 6.92 Å². The summed E-state index contributed by atoms with van der Waals surface area (Å²) in [6.45, 7) is 1.96. The SMILES string of the molecule is Cc1ccc(C(=O)NCC2OC(CC(=O)Nc3ccccc3)C(O)C2O)cc1. The van der Waals surface area contributed by atoms with Gasteiger partial charge in [0.25, 0.3) is 5.91 Å². The van der Waals surface area contributed by atoms with Gasteiger partial charge in [-0.05, 0) is 31.2 Å². The van der Waals surface area contributed by atoms with Crippen LogP contribution in [0.4, 0.5) is 5.69 Å². The molecule has 28 heavy (non-hydrogen) atoms. The van der Waals surface area contributed by atoms with Crippen LogP contribution in [0.5, 0.6) is 0 Å². The molecule has 4 atom stereocenters. The third-order valence-corrected chi connectivity index (χ3v) is 4.68. The topological polar surface area (TPSA) is 108 Å². The monoisotopic (exact) mass is 384 g/mol. The van der Waals surface area contributed by atoms with Gasteiger partial charge in [-0.3, -0.25) is 9.59 Å². The average molecular weight is 384 g/mol. The van der Waals surface area contributed by atoms with Gasteiger partial charge in [0.1, 0.15) is 18.3 Å². The summed E-state index contributed by atoms with van der Waals surface area (Å²) in [7, 11) is 0. The van der Waals surface area contributed by atoms with Crippen molar-refractivity contribution in [1.82, 2.24) is 5.32 Å². The number of ether oxygens (including phenoxy) is 1. The lowest BCUT2D eigenvalue weighted by Gasteiger charge is -2.15. The molecule has 4 unspecified atom stereocenters. The molecule has 1 aliphatic rings. The van der Waals surface area contributed by atoms with E-state index in [1.807, 2.05) is 25.1 Å². The van der Waals surface area contributed by atoms with Crippen molar-refractivity contribution in [3.05, 3.63) is 65.7 Å². The van der Waals surface area contributed by atoms with Crippen molar-refractivity contribution in [2.75, 3.05) is 11.9 Å². The molecule has 0 spiro atoms. The number of hydrogen-bond donors (Lipinski definition) is 4. The number of aryl methyl sites for hydroxylation is 1. The summed E-state index contributed by atoms with van der Waals surface area (Å²) in [5.74, 6) is -0.623. The van der Waals surface area contributed by atoms with Crippen molar-refractivity contribution in [2.45, 2.75) is 37.8 Å². The van der Waals surface area contributed by atoms with Gasteiger partial charge in [0.15, 0.2) is 0 Å². The van der Waals surface area contributed by atoms with Gasteiger partial charge >= 0.3 is 0 Å². The highest BCUT2D eigenvalue weighted by Gasteiger charge is 2.43. The van der Waals surface area contributed by atoms with E-state index in [0.29, 0.717) is 11.3 Å². The number of anilines is 1. The van der Waals surface area contributed by atoms with Crippen LogP contribution in [0.1, 0.15) is 22.3 Å². The molecule has 1 saturated heterocycles. The molecule has 1 fully saturated rings. The second kappa shape index (κ2) is 8.97. The summed E-state index contributed by atoms with van der Waals surface area (Å²) in [4.78, 5) is 24.3. The van der Waals surface area contributed by atoms with Crippen LogP contribution in [0.15, 0.2) is 54.6 Å². The van der Waals surface area contributed by atoms with E-state index in [2.05, 4.69) is 10.6 Å². The molecule has 7 nitrogen and oxygen atoms in total. The minimum atomic E-state index is -1.21. The number of carbonyl (C=O) groups excluding carboxylic acids is 2. The summed E-state index contributed by atoms with van der Waals surface area (Å²) < 4.78 is 5.62. The van der Waals surface area contributed by atoms with Crippen LogP contribution in [0.3, 0.4) is 0 Å². The predicted octanol–water partition coefficient (Wildman–Crippen LogP) is 1.24. The Kier molecular flexibility index (Phi) is 6.41. The summed E-state index contributed by atoms with van der Waals surface area (Å²) in [6, 6.07) is 16.0. The molecule has 7 heteroatoms. The molecule has 0 aliphatic carbocycles. The minimum Gasteiger partial charge on any atom is -0.388 e. The molecule has 4 N–H and O–H groups in total. The standard InChI is InChI=1S/C21H24N2O5/c1-13-7-9-14(10-8-13)21(27)22-12-17-20(26)19(25)16(28-17)11-18(24)23-15-5-3-2-4-6-15/h2-10,16-17,19-20,25-26H,11-12H2,1H3,(H,22,27)(H,23,24). The maximum Gasteiger partial charge on any atom is 0.251 e. The van der Waals surface area contributed by atoms with Gasteiger partial charge in [0, 0.05) is 17.8 Å². The first-order chi connectivity index (χ1) is 13.4. The van der Waals surface area contributed by atoms with Crippen LogP contribution in [0.25, 0.3) is 0 Å². The van der Waals surface area contributed by atoms with Crippen molar-refractivity contribution >= 4 is 17.5 Å². The molecule has 2 aromatic carbocycles. The van der Waals surface area contributed by atoms with E-state index in [1.165, 1.54) is 0 Å². The Morgan fingerprint density at radius 1 is 0.964 bits per heavy atom. The van der Waals surface area contributed by atoms with E-state index in [4.69, 9.17) is 4.74 Å². The second-order valence-electron chi connectivity index (χ2n) is 6.89. The van der Waals surface area contributed by atoms with E-state index in [-0.39, 0.29) is 24.8 Å². The van der Waals surface area contributed by atoms with Crippen LogP contribution < -0.4 is 10.6 Å². The van der Waals surface area contributed by atoms with Gasteiger partial charge in [0.2, 0.25) is 5.91 Å². The molecule has 0 radical (unpaired) electrons. The third kappa shape index (κ3) is 4.95. The molecule has 1 aliphatic heterocycles. The van der Waals surface area contributed by atoms with E-state index in [1.54, 1.807) is 36.4 Å². The Labute approximate surface area is 163 Å². The van der Waals surface area contributed by atoms with Crippen LogP contribution in [-0.2, 0) is 9.53 Å². The zero-order valence-corrected chi connectivity index (χ0v) is 15.5. The first-order valence-corrected chi connectivity index (χ1v) is 9.15. The maximum atomic E-state index is 12.2. The van der Waals surface area contributed by atoms with Crippen LogP contribution in [0.2, 0.25) is 0 Å². The smallest absolute Gasteiger partial charge is 0.251 e. The lowest BCUT2D eigenvalue weighted by Crippen LogP contribution is -2.40. The van der Waals surface area contributed by atoms with E-state index >= 15 is 0 Å². The highest BCUT2D eigenvalue weighted by Crippen LogP contribution is 2.24. The normalized spacial score (nSPS) is 24.0. The molecule has 0 bridgehead atoms. The highest BCUT2D eigenvalue weighted by atomic mass is 16.5. The van der Waals surface area contributed by atoms with E-state index < -0.39 is 24.4 Å². The number of aliphatic hydroxyl groups excluding tert-OH is 2. The molecular formula is C21H24N2O5. The first kappa shape index (κ1) is 20.0. The number of hydrogen-bond acceptors (Lipinski definition) is 5. The van der Waals surface area contributed by atoms with Crippen molar-refractivity contribution < 1.29 is 24.5 Å². The highest BCUT2D eigenvalue weighted by molar-refractivity contribution is 5.94. The molecule has 2 aromatic rings. The number of rotatable bonds is 6. The van der Waals surface area contributed by atoms with Gasteiger partial charge in [-0.15, -0.1) is 0 Å². The van der Waals surface area contributed by atoms with Crippen molar-refractivity contribution in [2.24, 2.45) is 0 Å². The zero-order valence-electron chi connectivity index (χ0n) is 15.5. The van der Waals surface area contributed by atoms with Gasteiger partial charge in [-0.2, -0.15) is 0 Å². The third-order valence-electron chi connectivity index (χ3n) is 4.68. The summed E-state index contributed by atoms with van der Waals surface area (Å²) in [5.41, 5.74) is 2.19. The second-order valence-corrected chi connectivity index (χ2v) is 6.89. The van der Waals surface area contributed by atoms with E-state index in [0.717, 1.165) is 5.56 Å². The van der Waals surface area contributed by atoms with Gasteiger partial charge in [-0.25, -0.2) is 0 Å². The average Bonchev–Trinajstić information content (AvgIpc) is 2.95. The van der Waals surface area contributed by atoms with E-state index in [9.17, 15) is 19.8 Å². The molecule has 2 amide bonds. The maximum absolute atomic E-state index is 12.2. The summed E-state index contributed by atoms with van der Waals surface area (Å²) in [5, 5.41) is 25.8. The Morgan fingerprint density at radius 3 is 2.29 bits per heavy atom. The molecule has 0 saturated carbocycles.